The van der Waals surface area contributed by atoms with Gasteiger partial charge in [-0.05, 0) is 35.9 Å². The van der Waals surface area contributed by atoms with Crippen LogP contribution < -0.4 is 4.90 Å². The van der Waals surface area contributed by atoms with E-state index in [2.05, 4.69) is 0 Å². The van der Waals surface area contributed by atoms with Crippen LogP contribution in [0.15, 0.2) is 84.9 Å². The van der Waals surface area contributed by atoms with E-state index in [1.807, 2.05) is 91.0 Å². The molecule has 1 amide bonds. The molecule has 0 unspecified atom stereocenters. The van der Waals surface area contributed by atoms with Gasteiger partial charge in [0.1, 0.15) is 5.76 Å². The van der Waals surface area contributed by atoms with Crippen LogP contribution in [-0.2, 0) is 4.74 Å². The molecule has 1 aliphatic rings. The number of nitrogens with zero attached hydrogens (tertiary/aromatic N) is 1. The van der Waals surface area contributed by atoms with E-state index in [1.54, 1.807) is 4.90 Å². The molecule has 0 saturated heterocycles. The molecule has 0 radical (unpaired) electrons. The van der Waals surface area contributed by atoms with Crippen LogP contribution >= 0.6 is 0 Å². The molecule has 1 heterocycles. The van der Waals surface area contributed by atoms with E-state index in [4.69, 9.17) is 4.74 Å². The molecule has 24 heavy (non-hydrogen) atoms. The number of hydrogen-bond acceptors (Lipinski definition) is 2. The van der Waals surface area contributed by atoms with Crippen LogP contribution in [0.4, 0.5) is 16.2 Å². The number of fused-ring (bicyclic) bond motifs is 1. The highest BCUT2D eigenvalue weighted by Gasteiger charge is 2.30. The molecule has 0 spiro atoms. The van der Waals surface area contributed by atoms with Crippen molar-refractivity contribution < 1.29 is 9.53 Å². The predicted molar refractivity (Wildman–Crippen MR) is 95.8 cm³/mol. The fraction of sp³-hybridized carbons (Fsp3) is 0. The fourth-order valence-corrected chi connectivity index (χ4v) is 2.80. The SMILES string of the molecule is O=C1O/C(=C\c2ccccc2)c2ccccc2N1c1ccccc1. The highest BCUT2D eigenvalue weighted by atomic mass is 16.6. The van der Waals surface area contributed by atoms with Crippen molar-refractivity contribution in [1.82, 2.24) is 0 Å². The summed E-state index contributed by atoms with van der Waals surface area (Å²) in [6, 6.07) is 27.1. The fourth-order valence-electron chi connectivity index (χ4n) is 2.80. The van der Waals surface area contributed by atoms with Crippen LogP contribution in [0.5, 0.6) is 0 Å². The first-order valence-corrected chi connectivity index (χ1v) is 7.76. The molecule has 4 rings (SSSR count). The van der Waals surface area contributed by atoms with Gasteiger partial charge in [-0.1, -0.05) is 60.7 Å². The third kappa shape index (κ3) is 2.57. The van der Waals surface area contributed by atoms with Crippen molar-refractivity contribution in [3.63, 3.8) is 0 Å². The molecule has 3 aromatic rings. The van der Waals surface area contributed by atoms with Crippen LogP contribution in [0.3, 0.4) is 0 Å². The first-order valence-electron chi connectivity index (χ1n) is 7.76. The molecule has 0 saturated carbocycles. The standard InChI is InChI=1S/C21H15NO2/c23-21-22(17-11-5-2-6-12-17)19-14-8-7-13-18(19)20(24-21)15-16-9-3-1-4-10-16/h1-15H/b20-15-. The average molecular weight is 313 g/mol. The number of cyclic esters (lactones) is 1. The predicted octanol–water partition coefficient (Wildman–Crippen LogP) is 5.47. The second kappa shape index (κ2) is 6.05. The molecule has 116 valence electrons. The summed E-state index contributed by atoms with van der Waals surface area (Å²) in [4.78, 5) is 14.2. The largest absolute Gasteiger partial charge is 0.424 e. The zero-order valence-electron chi connectivity index (χ0n) is 12.9. The van der Waals surface area contributed by atoms with Crippen LogP contribution in [0.2, 0.25) is 0 Å². The van der Waals surface area contributed by atoms with E-state index in [0.717, 1.165) is 22.5 Å². The number of hydrogen-bond donors (Lipinski definition) is 0. The van der Waals surface area contributed by atoms with Crippen molar-refractivity contribution in [2.75, 3.05) is 4.90 Å². The molecular weight excluding hydrogens is 298 g/mol. The Balaban J connectivity index is 1.84. The van der Waals surface area contributed by atoms with Gasteiger partial charge in [0.25, 0.3) is 0 Å². The minimum absolute atomic E-state index is 0.401. The molecule has 3 aromatic carbocycles. The Kier molecular flexibility index (Phi) is 3.60. The third-order valence-electron chi connectivity index (χ3n) is 3.90. The number of amides is 1. The summed E-state index contributed by atoms with van der Waals surface area (Å²) in [6.07, 6.45) is 1.49. The molecule has 0 atom stereocenters. The monoisotopic (exact) mass is 313 g/mol. The number of ether oxygens (including phenoxy) is 1. The molecule has 0 aliphatic carbocycles. The zero-order chi connectivity index (χ0) is 16.4. The quantitative estimate of drug-likeness (QED) is 0.627. The molecule has 1 aliphatic heterocycles. The summed E-state index contributed by atoms with van der Waals surface area (Å²) in [5.74, 6) is 0.564. The lowest BCUT2D eigenvalue weighted by Gasteiger charge is -2.30. The van der Waals surface area contributed by atoms with Crippen molar-refractivity contribution in [2.24, 2.45) is 0 Å². The van der Waals surface area contributed by atoms with Crippen LogP contribution in [0.25, 0.3) is 11.8 Å². The number of anilines is 2. The Bertz CT molecular complexity index is 901. The third-order valence-corrected chi connectivity index (χ3v) is 3.90. The van der Waals surface area contributed by atoms with Gasteiger partial charge in [-0.2, -0.15) is 0 Å². The van der Waals surface area contributed by atoms with Crippen molar-refractivity contribution >= 4 is 29.3 Å². The Hall–Kier alpha value is -3.33. The number of benzene rings is 3. The normalized spacial score (nSPS) is 15.1. The van der Waals surface area contributed by atoms with Gasteiger partial charge < -0.3 is 4.74 Å². The van der Waals surface area contributed by atoms with Gasteiger partial charge in [0.15, 0.2) is 0 Å². The molecule has 0 bridgehead atoms. The summed E-state index contributed by atoms with van der Waals surface area (Å²) >= 11 is 0. The molecule has 3 nitrogen and oxygen atoms in total. The topological polar surface area (TPSA) is 29.5 Å². The smallest absolute Gasteiger partial charge is 0.409 e. The molecule has 0 N–H and O–H groups in total. The highest BCUT2D eigenvalue weighted by Crippen LogP contribution is 2.39. The Morgan fingerprint density at radius 1 is 0.750 bits per heavy atom. The molecule has 0 aromatic heterocycles. The maximum atomic E-state index is 12.6. The highest BCUT2D eigenvalue weighted by molar-refractivity contribution is 6.06. The first-order chi connectivity index (χ1) is 11.8. The van der Waals surface area contributed by atoms with Gasteiger partial charge in [0.05, 0.1) is 11.4 Å². The lowest BCUT2D eigenvalue weighted by Crippen LogP contribution is -2.30. The Morgan fingerprint density at radius 3 is 2.12 bits per heavy atom. The lowest BCUT2D eigenvalue weighted by molar-refractivity contribution is 0.200. The van der Waals surface area contributed by atoms with E-state index in [9.17, 15) is 4.79 Å². The summed E-state index contributed by atoms with van der Waals surface area (Å²) in [5.41, 5.74) is 3.49. The average Bonchev–Trinajstić information content (AvgIpc) is 2.63. The summed E-state index contributed by atoms with van der Waals surface area (Å²) in [7, 11) is 0. The van der Waals surface area contributed by atoms with E-state index < -0.39 is 6.09 Å². The van der Waals surface area contributed by atoms with E-state index in [-0.39, 0.29) is 0 Å². The van der Waals surface area contributed by atoms with Crippen LogP contribution in [-0.4, -0.2) is 6.09 Å². The maximum Gasteiger partial charge on any atom is 0.424 e. The summed E-state index contributed by atoms with van der Waals surface area (Å²) in [5, 5.41) is 0. The van der Waals surface area contributed by atoms with Gasteiger partial charge in [-0.25, -0.2) is 9.69 Å². The number of para-hydroxylation sites is 2. The Labute approximate surface area is 140 Å². The summed E-state index contributed by atoms with van der Waals surface area (Å²) < 4.78 is 5.63. The first kappa shape index (κ1) is 14.3. The molecular formula is C21H15NO2. The van der Waals surface area contributed by atoms with Crippen LogP contribution in [0, 0.1) is 0 Å². The van der Waals surface area contributed by atoms with Crippen molar-refractivity contribution in [3.8, 4) is 0 Å². The van der Waals surface area contributed by atoms with Gasteiger partial charge in [-0.15, -0.1) is 0 Å². The van der Waals surface area contributed by atoms with Gasteiger partial charge in [0.2, 0.25) is 0 Å². The lowest BCUT2D eigenvalue weighted by atomic mass is 10.1. The Morgan fingerprint density at radius 2 is 1.38 bits per heavy atom. The zero-order valence-corrected chi connectivity index (χ0v) is 12.9. The second-order valence-corrected chi connectivity index (χ2v) is 5.48. The molecule has 3 heteroatoms. The summed E-state index contributed by atoms with van der Waals surface area (Å²) in [6.45, 7) is 0. The van der Waals surface area contributed by atoms with Crippen molar-refractivity contribution in [1.29, 1.82) is 0 Å². The number of carbonyl (C=O) groups excluding carboxylic acids is 1. The molecule has 0 fully saturated rings. The van der Waals surface area contributed by atoms with E-state index in [1.165, 1.54) is 0 Å². The number of carbonyl (C=O) groups is 1. The van der Waals surface area contributed by atoms with Crippen molar-refractivity contribution in [2.45, 2.75) is 0 Å². The van der Waals surface area contributed by atoms with E-state index >= 15 is 0 Å². The van der Waals surface area contributed by atoms with Crippen molar-refractivity contribution in [3.05, 3.63) is 96.1 Å². The second-order valence-electron chi connectivity index (χ2n) is 5.48. The maximum absolute atomic E-state index is 12.6. The number of rotatable bonds is 2. The minimum Gasteiger partial charge on any atom is -0.409 e. The van der Waals surface area contributed by atoms with E-state index in [0.29, 0.717) is 5.76 Å². The van der Waals surface area contributed by atoms with Crippen LogP contribution in [0.1, 0.15) is 11.1 Å². The van der Waals surface area contributed by atoms with Gasteiger partial charge >= 0.3 is 6.09 Å². The van der Waals surface area contributed by atoms with Gasteiger partial charge in [-0.3, -0.25) is 0 Å². The minimum atomic E-state index is -0.401. The van der Waals surface area contributed by atoms with Gasteiger partial charge in [0, 0.05) is 5.56 Å².